The van der Waals surface area contributed by atoms with Crippen LogP contribution in [0.15, 0.2) is 24.3 Å². The van der Waals surface area contributed by atoms with Gasteiger partial charge >= 0.3 is 0 Å². The minimum Gasteiger partial charge on any atom is -0.341 e. The summed E-state index contributed by atoms with van der Waals surface area (Å²) in [6.07, 6.45) is 2.30. The zero-order valence-corrected chi connectivity index (χ0v) is 13.3. The molecule has 1 fully saturated rings. The average molecular weight is 315 g/mol. The topological polar surface area (TPSA) is 32.3 Å². The monoisotopic (exact) mass is 314 g/mol. The number of nitrogens with zero attached hydrogens (tertiary/aromatic N) is 1. The van der Waals surface area contributed by atoms with Crippen molar-refractivity contribution in [3.8, 4) is 0 Å². The van der Waals surface area contributed by atoms with Crippen LogP contribution in [0.2, 0.25) is 0 Å². The molecule has 0 aromatic heterocycles. The van der Waals surface area contributed by atoms with Crippen LogP contribution in [0.5, 0.6) is 0 Å². The van der Waals surface area contributed by atoms with Gasteiger partial charge in [0.05, 0.1) is 0 Å². The highest BCUT2D eigenvalue weighted by Crippen LogP contribution is 2.14. The van der Waals surface area contributed by atoms with E-state index in [9.17, 15) is 9.18 Å². The summed E-state index contributed by atoms with van der Waals surface area (Å²) in [5.74, 6) is 0.248. The highest BCUT2D eigenvalue weighted by Gasteiger charge is 2.18. The first-order valence-corrected chi connectivity index (χ1v) is 7.38. The molecule has 1 aromatic carbocycles. The molecule has 118 valence electrons. The normalized spacial score (nSPS) is 16.8. The lowest BCUT2D eigenvalue weighted by Crippen LogP contribution is -2.35. The second kappa shape index (κ2) is 9.00. The van der Waals surface area contributed by atoms with Crippen LogP contribution in [0, 0.1) is 11.7 Å². The Morgan fingerprint density at radius 1 is 1.38 bits per heavy atom. The van der Waals surface area contributed by atoms with E-state index in [1.807, 2.05) is 11.0 Å². The van der Waals surface area contributed by atoms with Crippen LogP contribution in [-0.4, -0.2) is 37.0 Å². The molecule has 1 amide bonds. The van der Waals surface area contributed by atoms with E-state index >= 15 is 0 Å². The zero-order chi connectivity index (χ0) is 14.4. The third-order valence-corrected chi connectivity index (χ3v) is 3.69. The van der Waals surface area contributed by atoms with Crippen molar-refractivity contribution in [2.24, 2.45) is 5.92 Å². The van der Waals surface area contributed by atoms with Crippen LogP contribution in [0.3, 0.4) is 0 Å². The van der Waals surface area contributed by atoms with E-state index in [4.69, 9.17) is 0 Å². The Morgan fingerprint density at radius 3 is 2.95 bits per heavy atom. The van der Waals surface area contributed by atoms with Crippen molar-refractivity contribution in [3.63, 3.8) is 0 Å². The first kappa shape index (κ1) is 17.9. The second-order valence-electron chi connectivity index (χ2n) is 5.63. The second-order valence-corrected chi connectivity index (χ2v) is 5.63. The molecule has 1 aliphatic heterocycles. The summed E-state index contributed by atoms with van der Waals surface area (Å²) in [4.78, 5) is 14.2. The van der Waals surface area contributed by atoms with E-state index < -0.39 is 0 Å². The molecule has 2 rings (SSSR count). The number of nitrogens with one attached hydrogen (secondary N) is 1. The Labute approximate surface area is 132 Å². The molecule has 1 aliphatic rings. The molecule has 0 saturated carbocycles. The van der Waals surface area contributed by atoms with E-state index in [1.165, 1.54) is 6.07 Å². The first-order chi connectivity index (χ1) is 9.65. The van der Waals surface area contributed by atoms with Crippen LogP contribution in [0.25, 0.3) is 0 Å². The number of halogens is 2. The third kappa shape index (κ3) is 6.02. The fraction of sp³-hybridized carbons (Fsp3) is 0.562. The molecule has 3 nitrogen and oxygen atoms in total. The molecular weight excluding hydrogens is 291 g/mol. The molecule has 0 aliphatic carbocycles. The van der Waals surface area contributed by atoms with Crippen molar-refractivity contribution in [2.75, 3.05) is 26.2 Å². The number of hydrogen-bond donors (Lipinski definition) is 1. The van der Waals surface area contributed by atoms with E-state index in [0.717, 1.165) is 44.6 Å². The highest BCUT2D eigenvalue weighted by atomic mass is 35.5. The van der Waals surface area contributed by atoms with Gasteiger partial charge in [0, 0.05) is 26.1 Å². The van der Waals surface area contributed by atoms with E-state index in [2.05, 4.69) is 12.2 Å². The zero-order valence-electron chi connectivity index (χ0n) is 12.5. The molecular formula is C16H24ClFN2O. The van der Waals surface area contributed by atoms with Gasteiger partial charge in [-0.25, -0.2) is 4.39 Å². The third-order valence-electron chi connectivity index (χ3n) is 3.69. The van der Waals surface area contributed by atoms with Gasteiger partial charge in [0.2, 0.25) is 5.91 Å². The van der Waals surface area contributed by atoms with Crippen molar-refractivity contribution < 1.29 is 9.18 Å². The Kier molecular flexibility index (Phi) is 7.68. The maximum atomic E-state index is 13.1. The van der Waals surface area contributed by atoms with Gasteiger partial charge < -0.3 is 10.2 Å². The summed E-state index contributed by atoms with van der Waals surface area (Å²) < 4.78 is 13.1. The highest BCUT2D eigenvalue weighted by molar-refractivity contribution is 5.85. The average Bonchev–Trinajstić information content (AvgIpc) is 2.67. The van der Waals surface area contributed by atoms with Gasteiger partial charge in [0.15, 0.2) is 0 Å². The molecule has 0 radical (unpaired) electrons. The minimum atomic E-state index is -0.209. The summed E-state index contributed by atoms with van der Waals surface area (Å²) in [5, 5.41) is 3.30. The van der Waals surface area contributed by atoms with Crippen molar-refractivity contribution >= 4 is 18.3 Å². The summed E-state index contributed by atoms with van der Waals surface area (Å²) in [6, 6.07) is 6.64. The minimum absolute atomic E-state index is 0. The smallest absolute Gasteiger partial charge is 0.222 e. The summed E-state index contributed by atoms with van der Waals surface area (Å²) in [6.45, 7) is 5.57. The fourth-order valence-electron chi connectivity index (χ4n) is 2.66. The molecule has 1 heterocycles. The van der Waals surface area contributed by atoms with Gasteiger partial charge in [-0.1, -0.05) is 19.1 Å². The molecule has 1 unspecified atom stereocenters. The number of amides is 1. The van der Waals surface area contributed by atoms with Crippen LogP contribution in [-0.2, 0) is 11.2 Å². The molecule has 1 aromatic rings. The predicted molar refractivity (Wildman–Crippen MR) is 85.2 cm³/mol. The lowest BCUT2D eigenvalue weighted by Gasteiger charge is -2.22. The van der Waals surface area contributed by atoms with Gasteiger partial charge in [-0.15, -0.1) is 12.4 Å². The maximum absolute atomic E-state index is 13.1. The van der Waals surface area contributed by atoms with Crippen LogP contribution in [0.1, 0.15) is 25.3 Å². The van der Waals surface area contributed by atoms with E-state index in [0.29, 0.717) is 6.42 Å². The molecule has 1 N–H and O–H groups in total. The van der Waals surface area contributed by atoms with Crippen molar-refractivity contribution in [1.82, 2.24) is 10.2 Å². The number of benzene rings is 1. The molecule has 21 heavy (non-hydrogen) atoms. The lowest BCUT2D eigenvalue weighted by atomic mass is 9.97. The Hall–Kier alpha value is -1.13. The molecule has 0 bridgehead atoms. The van der Waals surface area contributed by atoms with Gasteiger partial charge in [-0.3, -0.25) is 4.79 Å². The molecule has 0 spiro atoms. The summed E-state index contributed by atoms with van der Waals surface area (Å²) >= 11 is 0. The van der Waals surface area contributed by atoms with Crippen molar-refractivity contribution in [1.29, 1.82) is 0 Å². The van der Waals surface area contributed by atoms with Gasteiger partial charge in [-0.05, 0) is 43.0 Å². The van der Waals surface area contributed by atoms with Crippen molar-refractivity contribution in [2.45, 2.75) is 26.2 Å². The Morgan fingerprint density at radius 2 is 2.19 bits per heavy atom. The largest absolute Gasteiger partial charge is 0.341 e. The Balaban J connectivity index is 0.00000220. The molecule has 1 atom stereocenters. The maximum Gasteiger partial charge on any atom is 0.222 e. The summed E-state index contributed by atoms with van der Waals surface area (Å²) in [5.41, 5.74) is 0.961. The SMILES string of the molecule is CC(CC(=O)N1CCCNCC1)Cc1cccc(F)c1.Cl. The number of carbonyl (C=O) groups excluding carboxylic acids is 1. The van der Waals surface area contributed by atoms with Crippen molar-refractivity contribution in [3.05, 3.63) is 35.6 Å². The van der Waals surface area contributed by atoms with Crippen LogP contribution >= 0.6 is 12.4 Å². The molecule has 1 saturated heterocycles. The van der Waals surface area contributed by atoms with E-state index in [-0.39, 0.29) is 30.0 Å². The number of carbonyl (C=O) groups is 1. The first-order valence-electron chi connectivity index (χ1n) is 7.38. The Bertz CT molecular complexity index is 448. The number of rotatable bonds is 4. The quantitative estimate of drug-likeness (QED) is 0.926. The lowest BCUT2D eigenvalue weighted by molar-refractivity contribution is -0.131. The standard InChI is InChI=1S/C16H23FN2O.ClH/c1-13(10-14-4-2-5-15(17)12-14)11-16(20)19-8-3-6-18-7-9-19;/h2,4-5,12-13,18H,3,6-11H2,1H3;1H. The number of hydrogen-bond acceptors (Lipinski definition) is 2. The summed E-state index contributed by atoms with van der Waals surface area (Å²) in [7, 11) is 0. The van der Waals surface area contributed by atoms with Crippen LogP contribution < -0.4 is 5.32 Å². The van der Waals surface area contributed by atoms with Gasteiger partial charge in [0.1, 0.15) is 5.82 Å². The fourth-order valence-corrected chi connectivity index (χ4v) is 2.66. The van der Waals surface area contributed by atoms with E-state index in [1.54, 1.807) is 12.1 Å². The van der Waals surface area contributed by atoms with Gasteiger partial charge in [-0.2, -0.15) is 0 Å². The van der Waals surface area contributed by atoms with Gasteiger partial charge in [0.25, 0.3) is 0 Å². The predicted octanol–water partition coefficient (Wildman–Crippen LogP) is 2.64. The molecule has 5 heteroatoms. The van der Waals surface area contributed by atoms with Crippen LogP contribution in [0.4, 0.5) is 4.39 Å².